The van der Waals surface area contributed by atoms with E-state index < -0.39 is 0 Å². The first-order valence-corrected chi connectivity index (χ1v) is 6.00. The molecule has 0 aliphatic carbocycles. The fourth-order valence-corrected chi connectivity index (χ4v) is 1.86. The highest BCUT2D eigenvalue weighted by molar-refractivity contribution is 5.95. The van der Waals surface area contributed by atoms with Crippen molar-refractivity contribution in [2.75, 3.05) is 11.9 Å². The lowest BCUT2D eigenvalue weighted by Crippen LogP contribution is -2.17. The highest BCUT2D eigenvalue weighted by atomic mass is 16.3. The zero-order valence-corrected chi connectivity index (χ0v) is 10.8. The second kappa shape index (κ2) is 5.44. The summed E-state index contributed by atoms with van der Waals surface area (Å²) >= 11 is 0. The first-order chi connectivity index (χ1) is 9.06. The molecule has 0 heterocycles. The van der Waals surface area contributed by atoms with Crippen LogP contribution in [-0.2, 0) is 6.54 Å². The Morgan fingerprint density at radius 3 is 2.21 bits per heavy atom. The highest BCUT2D eigenvalue weighted by Gasteiger charge is 2.03. The van der Waals surface area contributed by atoms with Crippen molar-refractivity contribution in [1.82, 2.24) is 0 Å². The summed E-state index contributed by atoms with van der Waals surface area (Å²) in [5, 5.41) is 16.6. The van der Waals surface area contributed by atoms with Gasteiger partial charge in [0.05, 0.1) is 0 Å². The number of nitrogen functional groups attached to an aromatic ring is 1. The van der Waals surface area contributed by atoms with E-state index in [9.17, 15) is 5.11 Å². The molecule has 0 atom stereocenters. The maximum atomic E-state index is 9.24. The van der Waals surface area contributed by atoms with E-state index in [1.54, 1.807) is 12.1 Å². The van der Waals surface area contributed by atoms with Crippen LogP contribution in [0.15, 0.2) is 48.5 Å². The average molecular weight is 255 g/mol. The molecule has 19 heavy (non-hydrogen) atoms. The van der Waals surface area contributed by atoms with Crippen LogP contribution in [0.2, 0.25) is 0 Å². The SMILES string of the molecule is CN(Cc1ccc(O)cc1)c1ccc(C(=N)N)cc1. The smallest absolute Gasteiger partial charge is 0.122 e. The van der Waals surface area contributed by atoms with Crippen molar-refractivity contribution < 1.29 is 5.11 Å². The molecule has 0 spiro atoms. The van der Waals surface area contributed by atoms with Crippen LogP contribution >= 0.6 is 0 Å². The Morgan fingerprint density at radius 1 is 1.11 bits per heavy atom. The van der Waals surface area contributed by atoms with Gasteiger partial charge in [-0.15, -0.1) is 0 Å². The molecule has 0 unspecified atom stereocenters. The minimum absolute atomic E-state index is 0.0766. The summed E-state index contributed by atoms with van der Waals surface area (Å²) in [6.45, 7) is 0.750. The van der Waals surface area contributed by atoms with E-state index in [-0.39, 0.29) is 11.6 Å². The van der Waals surface area contributed by atoms with Gasteiger partial charge in [-0.25, -0.2) is 0 Å². The Hall–Kier alpha value is -2.49. The number of rotatable bonds is 4. The van der Waals surface area contributed by atoms with Gasteiger partial charge in [-0.05, 0) is 42.0 Å². The average Bonchev–Trinajstić information content (AvgIpc) is 2.41. The van der Waals surface area contributed by atoms with E-state index in [4.69, 9.17) is 11.1 Å². The summed E-state index contributed by atoms with van der Waals surface area (Å²) in [7, 11) is 2.00. The molecule has 0 saturated carbocycles. The van der Waals surface area contributed by atoms with Crippen molar-refractivity contribution in [3.05, 3.63) is 59.7 Å². The maximum absolute atomic E-state index is 9.24. The van der Waals surface area contributed by atoms with Gasteiger partial charge < -0.3 is 15.7 Å². The van der Waals surface area contributed by atoms with Gasteiger partial charge in [-0.3, -0.25) is 5.41 Å². The van der Waals surface area contributed by atoms with Crippen molar-refractivity contribution in [2.24, 2.45) is 5.73 Å². The molecular formula is C15H17N3O. The summed E-state index contributed by atoms with van der Waals surface area (Å²) in [4.78, 5) is 2.09. The topological polar surface area (TPSA) is 73.3 Å². The molecule has 0 fully saturated rings. The fraction of sp³-hybridized carbons (Fsp3) is 0.133. The third kappa shape index (κ3) is 3.25. The number of amidine groups is 1. The predicted octanol–water partition coefficient (Wildman–Crippen LogP) is 2.31. The minimum atomic E-state index is 0.0766. The summed E-state index contributed by atoms with van der Waals surface area (Å²) in [6, 6.07) is 14.7. The third-order valence-corrected chi connectivity index (χ3v) is 2.98. The van der Waals surface area contributed by atoms with Crippen LogP contribution in [0.3, 0.4) is 0 Å². The van der Waals surface area contributed by atoms with Gasteiger partial charge >= 0.3 is 0 Å². The van der Waals surface area contributed by atoms with Crippen molar-refractivity contribution in [1.29, 1.82) is 5.41 Å². The number of phenolic OH excluding ortho intramolecular Hbond substituents is 1. The summed E-state index contributed by atoms with van der Waals surface area (Å²) in [5.41, 5.74) is 8.32. The Labute approximate surface area is 112 Å². The summed E-state index contributed by atoms with van der Waals surface area (Å²) in [5.74, 6) is 0.352. The van der Waals surface area contributed by atoms with Crippen molar-refractivity contribution in [3.8, 4) is 5.75 Å². The van der Waals surface area contributed by atoms with Crippen LogP contribution < -0.4 is 10.6 Å². The van der Waals surface area contributed by atoms with Gasteiger partial charge in [-0.1, -0.05) is 12.1 Å². The van der Waals surface area contributed by atoms with Crippen LogP contribution in [0.25, 0.3) is 0 Å². The van der Waals surface area contributed by atoms with Gasteiger partial charge in [0.25, 0.3) is 0 Å². The third-order valence-electron chi connectivity index (χ3n) is 2.98. The molecule has 0 aromatic heterocycles. The zero-order chi connectivity index (χ0) is 13.8. The predicted molar refractivity (Wildman–Crippen MR) is 77.7 cm³/mol. The van der Waals surface area contributed by atoms with E-state index in [2.05, 4.69) is 4.90 Å². The monoisotopic (exact) mass is 255 g/mol. The molecule has 0 radical (unpaired) electrons. The molecule has 0 aliphatic heterocycles. The van der Waals surface area contributed by atoms with Gasteiger partial charge in [0, 0.05) is 24.8 Å². The van der Waals surface area contributed by atoms with Crippen LogP contribution in [0.1, 0.15) is 11.1 Å². The van der Waals surface area contributed by atoms with Gasteiger partial charge in [0.15, 0.2) is 0 Å². The molecule has 0 amide bonds. The van der Waals surface area contributed by atoms with Crippen molar-refractivity contribution >= 4 is 11.5 Å². The number of hydrogen-bond donors (Lipinski definition) is 3. The van der Waals surface area contributed by atoms with Gasteiger partial charge in [-0.2, -0.15) is 0 Å². The molecule has 0 aliphatic rings. The molecule has 2 aromatic rings. The normalized spacial score (nSPS) is 10.2. The summed E-state index contributed by atoms with van der Waals surface area (Å²) in [6.07, 6.45) is 0. The lowest BCUT2D eigenvalue weighted by Gasteiger charge is -2.19. The Balaban J connectivity index is 2.09. The van der Waals surface area contributed by atoms with E-state index in [0.29, 0.717) is 0 Å². The van der Waals surface area contributed by atoms with E-state index in [1.165, 1.54) is 0 Å². The van der Waals surface area contributed by atoms with E-state index >= 15 is 0 Å². The summed E-state index contributed by atoms with van der Waals surface area (Å²) < 4.78 is 0. The number of nitrogens with two attached hydrogens (primary N) is 1. The van der Waals surface area contributed by atoms with Crippen LogP contribution in [0, 0.1) is 5.41 Å². The van der Waals surface area contributed by atoms with E-state index in [1.807, 2.05) is 43.4 Å². The first-order valence-electron chi connectivity index (χ1n) is 6.00. The standard InChI is InChI=1S/C15H17N3O/c1-18(10-11-2-8-14(19)9-3-11)13-6-4-12(5-7-13)15(16)17/h2-9,19H,10H2,1H3,(H3,16,17). The number of benzene rings is 2. The number of aromatic hydroxyl groups is 1. The van der Waals surface area contributed by atoms with Crippen LogP contribution in [0.4, 0.5) is 5.69 Å². The molecule has 2 aromatic carbocycles. The lowest BCUT2D eigenvalue weighted by molar-refractivity contribution is 0.475. The number of phenols is 1. The van der Waals surface area contributed by atoms with Crippen LogP contribution in [-0.4, -0.2) is 18.0 Å². The molecule has 98 valence electrons. The number of nitrogens with zero attached hydrogens (tertiary/aromatic N) is 1. The number of nitrogens with one attached hydrogen (secondary N) is 1. The maximum Gasteiger partial charge on any atom is 0.122 e. The van der Waals surface area contributed by atoms with Gasteiger partial charge in [0.1, 0.15) is 11.6 Å². The second-order valence-electron chi connectivity index (χ2n) is 4.48. The van der Waals surface area contributed by atoms with Crippen molar-refractivity contribution in [3.63, 3.8) is 0 Å². The zero-order valence-electron chi connectivity index (χ0n) is 10.8. The largest absolute Gasteiger partial charge is 0.508 e. The molecule has 0 bridgehead atoms. The lowest BCUT2D eigenvalue weighted by atomic mass is 10.1. The quantitative estimate of drug-likeness (QED) is 0.580. The Bertz CT molecular complexity index is 561. The molecule has 4 N–H and O–H groups in total. The number of hydrogen-bond acceptors (Lipinski definition) is 3. The highest BCUT2D eigenvalue weighted by Crippen LogP contribution is 2.17. The fourth-order valence-electron chi connectivity index (χ4n) is 1.86. The van der Waals surface area contributed by atoms with Crippen LogP contribution in [0.5, 0.6) is 5.75 Å². The second-order valence-corrected chi connectivity index (χ2v) is 4.48. The Morgan fingerprint density at radius 2 is 1.68 bits per heavy atom. The van der Waals surface area contributed by atoms with Crippen molar-refractivity contribution in [2.45, 2.75) is 6.54 Å². The Kier molecular flexibility index (Phi) is 3.71. The first kappa shape index (κ1) is 13.0. The molecule has 0 saturated heterocycles. The molecule has 2 rings (SSSR count). The number of anilines is 1. The van der Waals surface area contributed by atoms with Gasteiger partial charge in [0.2, 0.25) is 0 Å². The molecular weight excluding hydrogens is 238 g/mol. The molecule has 4 heteroatoms. The van der Waals surface area contributed by atoms with E-state index in [0.717, 1.165) is 23.4 Å². The molecule has 4 nitrogen and oxygen atoms in total. The minimum Gasteiger partial charge on any atom is -0.508 e.